The van der Waals surface area contributed by atoms with Gasteiger partial charge in [0, 0.05) is 77.6 Å². The number of carbonyl (C=O) groups is 8. The molecule has 2 fully saturated rings. The van der Waals surface area contributed by atoms with Gasteiger partial charge in [0.05, 0.1) is 42.7 Å². The Bertz CT molecular complexity index is 1840. The van der Waals surface area contributed by atoms with Gasteiger partial charge in [0.25, 0.3) is 11.8 Å². The number of ketones is 2. The maximum absolute atomic E-state index is 14.7. The van der Waals surface area contributed by atoms with Crippen molar-refractivity contribution in [3.05, 3.63) is 48.0 Å². The molecule has 15 nitrogen and oxygen atoms in total. The summed E-state index contributed by atoms with van der Waals surface area (Å²) >= 11 is 0. The lowest BCUT2D eigenvalue weighted by Crippen LogP contribution is -2.54. The van der Waals surface area contributed by atoms with E-state index in [0.717, 1.165) is 31.2 Å². The highest BCUT2D eigenvalue weighted by Gasteiger charge is 2.44. The quantitative estimate of drug-likeness (QED) is 0.0760. The molecule has 4 rings (SSSR count). The minimum absolute atomic E-state index is 0.0127. The average molecular weight is 921 g/mol. The molecule has 1 aliphatic carbocycles. The Morgan fingerprint density at radius 3 is 2.03 bits per heavy atom. The molecule has 1 saturated heterocycles. The van der Waals surface area contributed by atoms with Crippen LogP contribution in [0, 0.1) is 35.5 Å². The number of carboxylic acid groups (broad SMARTS) is 1. The monoisotopic (exact) mass is 921 g/mol. The van der Waals surface area contributed by atoms with E-state index in [9.17, 15) is 43.5 Å². The highest BCUT2D eigenvalue weighted by molar-refractivity contribution is 6.12. The largest absolute Gasteiger partial charge is 0.481 e. The lowest BCUT2D eigenvalue weighted by atomic mass is 9.83. The van der Waals surface area contributed by atoms with Gasteiger partial charge in [-0.1, -0.05) is 84.2 Å². The Balaban J connectivity index is 1.41. The second-order valence-electron chi connectivity index (χ2n) is 19.4. The van der Waals surface area contributed by atoms with Crippen LogP contribution in [0.15, 0.2) is 42.5 Å². The van der Waals surface area contributed by atoms with Crippen LogP contribution >= 0.6 is 0 Å². The number of Topliss-reactive ketones (excluding diaryl/α,β-unsaturated/α-hetero) is 2. The number of hydrogen-bond donors (Lipinski definition) is 2. The zero-order valence-electron chi connectivity index (χ0n) is 40.6. The Hall–Kier alpha value is -4.76. The molecular formula is C51H76N4O11. The summed E-state index contributed by atoms with van der Waals surface area (Å²) in [6.07, 6.45) is 8.02. The van der Waals surface area contributed by atoms with Crippen LogP contribution in [0.2, 0.25) is 0 Å². The predicted octanol–water partition coefficient (Wildman–Crippen LogP) is 5.81. The number of benzene rings is 1. The first-order valence-corrected chi connectivity index (χ1v) is 24.2. The molecular weight excluding hydrogens is 845 g/mol. The van der Waals surface area contributed by atoms with Crippen molar-refractivity contribution in [2.24, 2.45) is 35.5 Å². The Morgan fingerprint density at radius 1 is 0.803 bits per heavy atom. The third kappa shape index (κ3) is 14.6. The summed E-state index contributed by atoms with van der Waals surface area (Å²) in [4.78, 5) is 110. The minimum atomic E-state index is -1.04. The second kappa shape index (κ2) is 26.0. The van der Waals surface area contributed by atoms with E-state index in [4.69, 9.17) is 9.47 Å². The zero-order valence-corrected chi connectivity index (χ0v) is 40.6. The Morgan fingerprint density at radius 2 is 1.45 bits per heavy atom. The standard InChI is InChI=1S/C51H76N4O11/c1-32(2)38(30-41(57)47(33(3)4)52-43(58)23-13-10-16-26-55-44(59)24-25-45(55)60)50(62)53(6)48(36-20-14-15-21-36)42(65-7)31-46(61)54-27-17-22-39(54)49(66-8)34(5)40(56)29-37(51(63)64)28-35-18-11-9-12-19-35/h9,11-12,18-19,24-25,32-34,36-39,42,47-49H,10,13-17,20-23,26-31H2,1-8H3,(H,52,58)(H,63,64)/t34-,37+,38-,39-,42+,47-,48-,49+/m0/s1. The number of likely N-dealkylation sites (N-methyl/N-ethyl adjacent to an activating group) is 1. The molecule has 2 N–H and O–H groups in total. The molecule has 3 aliphatic rings. The molecule has 0 bridgehead atoms. The number of ether oxygens (including phenoxy) is 2. The van der Waals surface area contributed by atoms with Gasteiger partial charge in [0.15, 0.2) is 5.78 Å². The lowest BCUT2D eigenvalue weighted by molar-refractivity contribution is -0.149. The third-order valence-electron chi connectivity index (χ3n) is 14.2. The number of aliphatic carboxylic acids is 1. The molecule has 0 radical (unpaired) electrons. The number of imide groups is 1. The number of unbranched alkanes of at least 4 members (excludes halogenated alkanes) is 2. The molecule has 66 heavy (non-hydrogen) atoms. The van der Waals surface area contributed by atoms with Gasteiger partial charge in [-0.2, -0.15) is 0 Å². The van der Waals surface area contributed by atoms with E-state index in [1.54, 1.807) is 30.9 Å². The number of nitrogens with zero attached hydrogens (tertiary/aromatic N) is 3. The van der Waals surface area contributed by atoms with Gasteiger partial charge in [-0.3, -0.25) is 43.3 Å². The van der Waals surface area contributed by atoms with Crippen molar-refractivity contribution in [2.45, 2.75) is 155 Å². The van der Waals surface area contributed by atoms with Gasteiger partial charge < -0.3 is 29.7 Å². The van der Waals surface area contributed by atoms with E-state index in [0.29, 0.717) is 38.6 Å². The molecule has 1 saturated carbocycles. The molecule has 5 amide bonds. The minimum Gasteiger partial charge on any atom is -0.481 e. The van der Waals surface area contributed by atoms with Crippen LogP contribution in [-0.4, -0.2) is 132 Å². The van der Waals surface area contributed by atoms with Gasteiger partial charge >= 0.3 is 5.97 Å². The van der Waals surface area contributed by atoms with E-state index in [1.165, 1.54) is 24.2 Å². The molecule has 15 heteroatoms. The van der Waals surface area contributed by atoms with Crippen molar-refractivity contribution >= 4 is 47.1 Å². The number of rotatable bonds is 28. The topological polar surface area (TPSA) is 197 Å². The van der Waals surface area contributed by atoms with Gasteiger partial charge in [-0.15, -0.1) is 0 Å². The van der Waals surface area contributed by atoms with Gasteiger partial charge in [-0.05, 0) is 68.3 Å². The predicted molar refractivity (Wildman–Crippen MR) is 249 cm³/mol. The van der Waals surface area contributed by atoms with Crippen molar-refractivity contribution in [3.63, 3.8) is 0 Å². The smallest absolute Gasteiger partial charge is 0.307 e. The van der Waals surface area contributed by atoms with Crippen LogP contribution in [0.1, 0.15) is 124 Å². The summed E-state index contributed by atoms with van der Waals surface area (Å²) in [7, 11) is 4.81. The first kappa shape index (κ1) is 53.9. The summed E-state index contributed by atoms with van der Waals surface area (Å²) in [6.45, 7) is 10.0. The average Bonchev–Trinajstić information content (AvgIpc) is 4.07. The first-order chi connectivity index (χ1) is 31.4. The lowest BCUT2D eigenvalue weighted by Gasteiger charge is -2.41. The van der Waals surface area contributed by atoms with Crippen LogP contribution < -0.4 is 5.32 Å². The Kier molecular flexibility index (Phi) is 21.2. The third-order valence-corrected chi connectivity index (χ3v) is 14.2. The van der Waals surface area contributed by atoms with Crippen LogP contribution in [0.5, 0.6) is 0 Å². The number of likely N-dealkylation sites (tertiary alicyclic amines) is 1. The molecule has 2 aliphatic heterocycles. The van der Waals surface area contributed by atoms with Crippen molar-refractivity contribution < 1.29 is 52.9 Å². The van der Waals surface area contributed by atoms with E-state index in [2.05, 4.69) is 5.32 Å². The van der Waals surface area contributed by atoms with E-state index in [-0.39, 0.29) is 97.5 Å². The molecule has 8 atom stereocenters. The number of methoxy groups -OCH3 is 2. The number of hydrogen-bond acceptors (Lipinski definition) is 10. The van der Waals surface area contributed by atoms with Crippen LogP contribution in [0.4, 0.5) is 0 Å². The van der Waals surface area contributed by atoms with E-state index >= 15 is 0 Å². The summed E-state index contributed by atoms with van der Waals surface area (Å²) in [5.74, 6) is -5.51. The highest BCUT2D eigenvalue weighted by atomic mass is 16.5. The highest BCUT2D eigenvalue weighted by Crippen LogP contribution is 2.36. The van der Waals surface area contributed by atoms with Crippen molar-refractivity contribution in [1.29, 1.82) is 0 Å². The maximum Gasteiger partial charge on any atom is 0.307 e. The fourth-order valence-corrected chi connectivity index (χ4v) is 10.3. The molecule has 1 aromatic rings. The summed E-state index contributed by atoms with van der Waals surface area (Å²) in [5, 5.41) is 12.9. The first-order valence-electron chi connectivity index (χ1n) is 24.2. The number of carboxylic acids is 1. The zero-order chi connectivity index (χ0) is 48.7. The molecule has 366 valence electrons. The van der Waals surface area contributed by atoms with Crippen molar-refractivity contribution in [1.82, 2.24) is 20.0 Å². The fraction of sp³-hybridized carbons (Fsp3) is 0.686. The second-order valence-corrected chi connectivity index (χ2v) is 19.4. The van der Waals surface area contributed by atoms with Crippen LogP contribution in [0.25, 0.3) is 0 Å². The number of amides is 5. The molecule has 1 aromatic carbocycles. The summed E-state index contributed by atoms with van der Waals surface area (Å²) in [5.41, 5.74) is 0.833. The summed E-state index contributed by atoms with van der Waals surface area (Å²) < 4.78 is 12.1. The summed E-state index contributed by atoms with van der Waals surface area (Å²) in [6, 6.07) is 7.55. The van der Waals surface area contributed by atoms with Gasteiger partial charge in [0.1, 0.15) is 5.78 Å². The molecule has 0 spiro atoms. The fourth-order valence-electron chi connectivity index (χ4n) is 10.3. The van der Waals surface area contributed by atoms with Crippen LogP contribution in [0.3, 0.4) is 0 Å². The molecule has 0 aromatic heterocycles. The SMILES string of the molecule is CO[C@H]([C@@H](C)C(=O)C[C@@H](Cc1ccccc1)C(=O)O)[C@@H]1CCCN1C(=O)C[C@@H](OC)[C@H](C1CCCC1)N(C)C(=O)[C@@H](CC(=O)[C@@H](NC(=O)CCCCCN1C(=O)C=CC1=O)C(C)C)C(C)C. The van der Waals surface area contributed by atoms with Gasteiger partial charge in [0.2, 0.25) is 17.7 Å². The molecule has 2 heterocycles. The van der Waals surface area contributed by atoms with Crippen molar-refractivity contribution in [2.75, 3.05) is 34.4 Å². The maximum atomic E-state index is 14.7. The Labute approximate surface area is 391 Å². The van der Waals surface area contributed by atoms with Crippen molar-refractivity contribution in [3.8, 4) is 0 Å². The van der Waals surface area contributed by atoms with E-state index < -0.39 is 54.1 Å². The van der Waals surface area contributed by atoms with Crippen LogP contribution in [-0.2, 0) is 54.3 Å². The normalized spacial score (nSPS) is 19.8. The number of carbonyl (C=O) groups excluding carboxylic acids is 7. The number of nitrogens with one attached hydrogen (secondary N) is 1. The van der Waals surface area contributed by atoms with E-state index in [1.807, 2.05) is 58.0 Å². The van der Waals surface area contributed by atoms with Gasteiger partial charge in [-0.25, -0.2) is 0 Å². The molecule has 0 unspecified atom stereocenters.